The van der Waals surface area contributed by atoms with E-state index in [1.807, 2.05) is 0 Å². The van der Waals surface area contributed by atoms with E-state index in [0.717, 1.165) is 19.4 Å². The molecular formula is C9H15NO2. The molecule has 0 bridgehead atoms. The summed E-state index contributed by atoms with van der Waals surface area (Å²) in [6.07, 6.45) is 4.42. The fourth-order valence-corrected chi connectivity index (χ4v) is 2.62. The zero-order valence-corrected chi connectivity index (χ0v) is 7.12. The molecule has 2 fully saturated rings. The molecule has 0 aromatic rings. The number of rotatable bonds is 1. The van der Waals surface area contributed by atoms with Crippen LogP contribution in [0, 0.1) is 11.8 Å². The van der Waals surface area contributed by atoms with Crippen LogP contribution in [-0.2, 0) is 4.79 Å². The largest absolute Gasteiger partial charge is 0.481 e. The molecule has 3 heteroatoms. The van der Waals surface area contributed by atoms with E-state index in [4.69, 9.17) is 5.11 Å². The van der Waals surface area contributed by atoms with Gasteiger partial charge in [-0.3, -0.25) is 4.79 Å². The summed E-state index contributed by atoms with van der Waals surface area (Å²) >= 11 is 0. The monoisotopic (exact) mass is 169 g/mol. The highest BCUT2D eigenvalue weighted by Gasteiger charge is 2.40. The summed E-state index contributed by atoms with van der Waals surface area (Å²) in [6, 6.07) is 0.274. The Bertz CT molecular complexity index is 193. The molecule has 0 spiro atoms. The maximum Gasteiger partial charge on any atom is 0.308 e. The first-order chi connectivity index (χ1) is 5.79. The van der Waals surface area contributed by atoms with Gasteiger partial charge in [0.15, 0.2) is 0 Å². The van der Waals surface area contributed by atoms with Crippen molar-refractivity contribution < 1.29 is 9.90 Å². The fourth-order valence-electron chi connectivity index (χ4n) is 2.62. The molecule has 12 heavy (non-hydrogen) atoms. The van der Waals surface area contributed by atoms with Crippen LogP contribution in [0.25, 0.3) is 0 Å². The first-order valence-corrected chi connectivity index (χ1v) is 4.75. The molecule has 2 aliphatic rings. The summed E-state index contributed by atoms with van der Waals surface area (Å²) in [5.41, 5.74) is 0. The average Bonchev–Trinajstić information content (AvgIpc) is 2.47. The van der Waals surface area contributed by atoms with Crippen LogP contribution in [0.1, 0.15) is 25.7 Å². The quantitative estimate of drug-likeness (QED) is 0.611. The van der Waals surface area contributed by atoms with Crippen LogP contribution in [0.15, 0.2) is 0 Å². The molecule has 3 unspecified atom stereocenters. The maximum absolute atomic E-state index is 10.8. The summed E-state index contributed by atoms with van der Waals surface area (Å²) < 4.78 is 0. The number of carboxylic acids is 1. The lowest BCUT2D eigenvalue weighted by atomic mass is 9.90. The van der Waals surface area contributed by atoms with E-state index in [1.165, 1.54) is 12.8 Å². The molecule has 3 nitrogen and oxygen atoms in total. The molecule has 1 heterocycles. The Kier molecular flexibility index (Phi) is 2.05. The van der Waals surface area contributed by atoms with E-state index in [2.05, 4.69) is 5.32 Å². The van der Waals surface area contributed by atoms with Crippen LogP contribution >= 0.6 is 0 Å². The number of carbonyl (C=O) groups is 1. The van der Waals surface area contributed by atoms with Gasteiger partial charge in [-0.2, -0.15) is 0 Å². The number of fused-ring (bicyclic) bond motifs is 1. The summed E-state index contributed by atoms with van der Waals surface area (Å²) in [4.78, 5) is 10.8. The molecule has 3 atom stereocenters. The van der Waals surface area contributed by atoms with Gasteiger partial charge < -0.3 is 10.4 Å². The van der Waals surface area contributed by atoms with Crippen molar-refractivity contribution in [2.24, 2.45) is 11.8 Å². The third-order valence-corrected chi connectivity index (χ3v) is 3.24. The van der Waals surface area contributed by atoms with Crippen LogP contribution in [-0.4, -0.2) is 23.7 Å². The second kappa shape index (κ2) is 3.05. The molecule has 0 aromatic carbocycles. The minimum Gasteiger partial charge on any atom is -0.481 e. The Morgan fingerprint density at radius 3 is 2.92 bits per heavy atom. The van der Waals surface area contributed by atoms with E-state index >= 15 is 0 Å². The van der Waals surface area contributed by atoms with Crippen molar-refractivity contribution in [3.63, 3.8) is 0 Å². The number of piperidine rings is 1. The lowest BCUT2D eigenvalue weighted by molar-refractivity contribution is -0.142. The number of carboxylic acid groups (broad SMARTS) is 1. The Morgan fingerprint density at radius 2 is 2.17 bits per heavy atom. The number of hydrogen-bond donors (Lipinski definition) is 2. The lowest BCUT2D eigenvalue weighted by Crippen LogP contribution is -2.44. The smallest absolute Gasteiger partial charge is 0.308 e. The van der Waals surface area contributed by atoms with Crippen molar-refractivity contribution in [3.8, 4) is 0 Å². The van der Waals surface area contributed by atoms with Gasteiger partial charge in [0.25, 0.3) is 0 Å². The van der Waals surface area contributed by atoms with Crippen molar-refractivity contribution in [3.05, 3.63) is 0 Å². The number of hydrogen-bond acceptors (Lipinski definition) is 2. The molecule has 2 rings (SSSR count). The SMILES string of the molecule is O=C(O)C1CCC2CCCNC21. The molecule has 68 valence electrons. The van der Waals surface area contributed by atoms with Crippen LogP contribution in [0.5, 0.6) is 0 Å². The Hall–Kier alpha value is -0.570. The van der Waals surface area contributed by atoms with Crippen molar-refractivity contribution >= 4 is 5.97 Å². The van der Waals surface area contributed by atoms with Gasteiger partial charge in [0.05, 0.1) is 5.92 Å². The first-order valence-electron chi connectivity index (χ1n) is 4.75. The first kappa shape index (κ1) is 8.05. The van der Waals surface area contributed by atoms with Gasteiger partial charge in [-0.25, -0.2) is 0 Å². The van der Waals surface area contributed by atoms with Crippen molar-refractivity contribution in [1.29, 1.82) is 0 Å². The van der Waals surface area contributed by atoms with Gasteiger partial charge in [-0.1, -0.05) is 0 Å². The molecule has 2 N–H and O–H groups in total. The highest BCUT2D eigenvalue weighted by Crippen LogP contribution is 2.36. The molecule has 1 saturated carbocycles. The van der Waals surface area contributed by atoms with Gasteiger partial charge in [0.1, 0.15) is 0 Å². The number of nitrogens with one attached hydrogen (secondary N) is 1. The highest BCUT2D eigenvalue weighted by atomic mass is 16.4. The molecule has 1 aliphatic heterocycles. The Morgan fingerprint density at radius 1 is 1.33 bits per heavy atom. The number of aliphatic carboxylic acids is 1. The standard InChI is InChI=1S/C9H15NO2/c11-9(12)7-4-3-6-2-1-5-10-8(6)7/h6-8,10H,1-5H2,(H,11,12). The minimum absolute atomic E-state index is 0.115. The van der Waals surface area contributed by atoms with Crippen molar-refractivity contribution in [2.75, 3.05) is 6.54 Å². The maximum atomic E-state index is 10.8. The van der Waals surface area contributed by atoms with Crippen LogP contribution in [0.2, 0.25) is 0 Å². The summed E-state index contributed by atoms with van der Waals surface area (Å²) in [7, 11) is 0. The summed E-state index contributed by atoms with van der Waals surface area (Å²) in [5.74, 6) is -0.0907. The van der Waals surface area contributed by atoms with E-state index < -0.39 is 5.97 Å². The van der Waals surface area contributed by atoms with E-state index in [9.17, 15) is 4.79 Å². The fraction of sp³-hybridized carbons (Fsp3) is 0.889. The van der Waals surface area contributed by atoms with Crippen LogP contribution in [0.4, 0.5) is 0 Å². The normalized spacial score (nSPS) is 40.8. The zero-order chi connectivity index (χ0) is 8.55. The van der Waals surface area contributed by atoms with Crippen molar-refractivity contribution in [2.45, 2.75) is 31.7 Å². The second-order valence-corrected chi connectivity index (χ2v) is 3.90. The predicted molar refractivity (Wildman–Crippen MR) is 44.9 cm³/mol. The van der Waals surface area contributed by atoms with E-state index in [1.54, 1.807) is 0 Å². The molecule has 1 saturated heterocycles. The van der Waals surface area contributed by atoms with Crippen LogP contribution < -0.4 is 5.32 Å². The van der Waals surface area contributed by atoms with Gasteiger partial charge in [-0.05, 0) is 38.1 Å². The third kappa shape index (κ3) is 1.22. The molecule has 0 aromatic heterocycles. The van der Waals surface area contributed by atoms with Gasteiger partial charge in [-0.15, -0.1) is 0 Å². The van der Waals surface area contributed by atoms with Gasteiger partial charge in [0.2, 0.25) is 0 Å². The van der Waals surface area contributed by atoms with Crippen LogP contribution in [0.3, 0.4) is 0 Å². The third-order valence-electron chi connectivity index (χ3n) is 3.24. The molecule has 0 radical (unpaired) electrons. The Balaban J connectivity index is 2.05. The molecular weight excluding hydrogens is 154 g/mol. The lowest BCUT2D eigenvalue weighted by Gasteiger charge is -2.28. The van der Waals surface area contributed by atoms with Gasteiger partial charge >= 0.3 is 5.97 Å². The highest BCUT2D eigenvalue weighted by molar-refractivity contribution is 5.71. The van der Waals surface area contributed by atoms with E-state index in [-0.39, 0.29) is 12.0 Å². The summed E-state index contributed by atoms with van der Waals surface area (Å²) in [5, 5.41) is 12.2. The predicted octanol–water partition coefficient (Wildman–Crippen LogP) is 0.849. The van der Waals surface area contributed by atoms with Crippen molar-refractivity contribution in [1.82, 2.24) is 5.32 Å². The molecule has 0 amide bonds. The summed E-state index contributed by atoms with van der Waals surface area (Å²) in [6.45, 7) is 1.00. The zero-order valence-electron chi connectivity index (χ0n) is 7.12. The minimum atomic E-state index is -0.614. The van der Waals surface area contributed by atoms with E-state index in [0.29, 0.717) is 5.92 Å². The van der Waals surface area contributed by atoms with Gasteiger partial charge in [0, 0.05) is 6.04 Å². The second-order valence-electron chi connectivity index (χ2n) is 3.90. The molecule has 1 aliphatic carbocycles. The average molecular weight is 169 g/mol. The topological polar surface area (TPSA) is 49.3 Å². The Labute approximate surface area is 72.2 Å².